The van der Waals surface area contributed by atoms with E-state index in [4.69, 9.17) is 9.47 Å². The molecule has 35 heavy (non-hydrogen) atoms. The molecule has 1 amide bonds. The SMILES string of the molecule is CC(C)(C)OC(=O)N1CCCC(OCc2cc(C(F)(F)F)cc(C(F)(F)F)c2)C1c1ccccc1. The summed E-state index contributed by atoms with van der Waals surface area (Å²) in [5, 5.41) is 0. The number of carbonyl (C=O) groups is 1. The highest BCUT2D eigenvalue weighted by molar-refractivity contribution is 5.69. The summed E-state index contributed by atoms with van der Waals surface area (Å²) in [6.07, 6.45) is -10.1. The second-order valence-electron chi connectivity index (χ2n) is 9.44. The maximum atomic E-state index is 13.2. The third-order valence-electron chi connectivity index (χ3n) is 5.46. The maximum absolute atomic E-state index is 13.2. The van der Waals surface area contributed by atoms with Crippen LogP contribution in [0.5, 0.6) is 0 Å². The quantitative estimate of drug-likeness (QED) is 0.409. The van der Waals surface area contributed by atoms with Crippen molar-refractivity contribution in [1.29, 1.82) is 0 Å². The Morgan fingerprint density at radius 3 is 2.03 bits per heavy atom. The third kappa shape index (κ3) is 7.13. The van der Waals surface area contributed by atoms with Gasteiger partial charge >= 0.3 is 18.4 Å². The molecule has 1 fully saturated rings. The highest BCUT2D eigenvalue weighted by Crippen LogP contribution is 2.38. The van der Waals surface area contributed by atoms with Gasteiger partial charge in [0.25, 0.3) is 0 Å². The van der Waals surface area contributed by atoms with E-state index < -0.39 is 53.9 Å². The van der Waals surface area contributed by atoms with Crippen LogP contribution in [0.3, 0.4) is 0 Å². The summed E-state index contributed by atoms with van der Waals surface area (Å²) < 4.78 is 90.8. The monoisotopic (exact) mass is 503 g/mol. The minimum Gasteiger partial charge on any atom is -0.444 e. The van der Waals surface area contributed by atoms with Crippen molar-refractivity contribution in [1.82, 2.24) is 4.90 Å². The molecule has 1 heterocycles. The lowest BCUT2D eigenvalue weighted by molar-refractivity contribution is -0.143. The van der Waals surface area contributed by atoms with E-state index in [0.717, 1.165) is 5.56 Å². The lowest BCUT2D eigenvalue weighted by Crippen LogP contribution is -2.47. The van der Waals surface area contributed by atoms with Crippen molar-refractivity contribution in [2.75, 3.05) is 6.54 Å². The van der Waals surface area contributed by atoms with Crippen molar-refractivity contribution in [2.45, 2.75) is 70.3 Å². The minimum atomic E-state index is -4.94. The molecule has 0 saturated carbocycles. The first-order valence-corrected chi connectivity index (χ1v) is 11.1. The van der Waals surface area contributed by atoms with Crippen LogP contribution >= 0.6 is 0 Å². The molecular weight excluding hydrogens is 476 g/mol. The fourth-order valence-corrected chi connectivity index (χ4v) is 4.01. The first-order valence-electron chi connectivity index (χ1n) is 11.1. The molecule has 2 aromatic rings. The zero-order valence-electron chi connectivity index (χ0n) is 19.5. The number of rotatable bonds is 4. The highest BCUT2D eigenvalue weighted by atomic mass is 19.4. The molecule has 3 rings (SSSR count). The average Bonchev–Trinajstić information content (AvgIpc) is 2.75. The molecule has 0 spiro atoms. The summed E-state index contributed by atoms with van der Waals surface area (Å²) >= 11 is 0. The summed E-state index contributed by atoms with van der Waals surface area (Å²) in [6, 6.07) is 9.69. The van der Waals surface area contributed by atoms with Crippen molar-refractivity contribution in [3.8, 4) is 0 Å². The fraction of sp³-hybridized carbons (Fsp3) is 0.480. The zero-order valence-corrected chi connectivity index (χ0v) is 19.5. The topological polar surface area (TPSA) is 38.8 Å². The standard InChI is InChI=1S/C25H27F6NO3/c1-23(2,3)35-22(33)32-11-7-10-20(21(32)17-8-5-4-6-9-17)34-15-16-12-18(24(26,27)28)14-19(13-16)25(29,30)31/h4-6,8-9,12-14,20-21H,7,10-11,15H2,1-3H3. The molecule has 1 aliphatic heterocycles. The van der Waals surface area contributed by atoms with Crippen molar-refractivity contribution >= 4 is 6.09 Å². The Kier molecular flexibility index (Phi) is 7.74. The van der Waals surface area contributed by atoms with E-state index in [1.165, 1.54) is 4.90 Å². The lowest BCUT2D eigenvalue weighted by atomic mass is 9.92. The van der Waals surface area contributed by atoms with E-state index in [1.54, 1.807) is 51.1 Å². The Morgan fingerprint density at radius 1 is 0.943 bits per heavy atom. The molecule has 0 bridgehead atoms. The van der Waals surface area contributed by atoms with Crippen LogP contribution in [0.15, 0.2) is 48.5 Å². The fourth-order valence-electron chi connectivity index (χ4n) is 4.01. The van der Waals surface area contributed by atoms with Crippen LogP contribution in [0.25, 0.3) is 0 Å². The maximum Gasteiger partial charge on any atom is 0.416 e. The molecule has 1 saturated heterocycles. The van der Waals surface area contributed by atoms with Gasteiger partial charge < -0.3 is 9.47 Å². The van der Waals surface area contributed by atoms with E-state index in [9.17, 15) is 31.1 Å². The van der Waals surface area contributed by atoms with Gasteiger partial charge in [-0.3, -0.25) is 4.90 Å². The van der Waals surface area contributed by atoms with Gasteiger partial charge in [-0.15, -0.1) is 0 Å². The van der Waals surface area contributed by atoms with Crippen molar-refractivity contribution < 1.29 is 40.6 Å². The molecule has 0 aliphatic carbocycles. The van der Waals surface area contributed by atoms with Crippen LogP contribution in [-0.4, -0.2) is 29.2 Å². The van der Waals surface area contributed by atoms with E-state index in [2.05, 4.69) is 0 Å². The number of nitrogens with zero attached hydrogens (tertiary/aromatic N) is 1. The Bertz CT molecular complexity index is 982. The summed E-state index contributed by atoms with van der Waals surface area (Å²) in [4.78, 5) is 14.4. The van der Waals surface area contributed by atoms with E-state index in [-0.39, 0.29) is 11.6 Å². The van der Waals surface area contributed by atoms with Gasteiger partial charge in [-0.25, -0.2) is 4.79 Å². The summed E-state index contributed by atoms with van der Waals surface area (Å²) in [6.45, 7) is 5.07. The zero-order chi connectivity index (χ0) is 26.0. The number of hydrogen-bond donors (Lipinski definition) is 0. The van der Waals surface area contributed by atoms with Gasteiger partial charge in [0.15, 0.2) is 0 Å². The molecule has 0 aromatic heterocycles. The molecular formula is C25H27F6NO3. The molecule has 0 radical (unpaired) electrons. The van der Waals surface area contributed by atoms with Crippen molar-refractivity contribution in [3.05, 3.63) is 70.8 Å². The van der Waals surface area contributed by atoms with Gasteiger partial charge in [0, 0.05) is 6.54 Å². The second kappa shape index (κ2) is 10.1. The van der Waals surface area contributed by atoms with Gasteiger partial charge in [0.05, 0.1) is 29.9 Å². The van der Waals surface area contributed by atoms with Gasteiger partial charge in [0.1, 0.15) is 5.60 Å². The molecule has 2 aromatic carbocycles. The van der Waals surface area contributed by atoms with Gasteiger partial charge in [0.2, 0.25) is 0 Å². The average molecular weight is 503 g/mol. The molecule has 2 atom stereocenters. The molecule has 0 N–H and O–H groups in total. The lowest BCUT2D eigenvalue weighted by Gasteiger charge is -2.41. The van der Waals surface area contributed by atoms with Crippen molar-refractivity contribution in [2.24, 2.45) is 0 Å². The number of halogens is 6. The Morgan fingerprint density at radius 2 is 1.51 bits per heavy atom. The van der Waals surface area contributed by atoms with E-state index in [1.807, 2.05) is 0 Å². The second-order valence-corrected chi connectivity index (χ2v) is 9.44. The number of carbonyl (C=O) groups excluding carboxylic acids is 1. The summed E-state index contributed by atoms with van der Waals surface area (Å²) in [5.41, 5.74) is -3.08. The van der Waals surface area contributed by atoms with Crippen LogP contribution in [0.1, 0.15) is 61.9 Å². The molecule has 10 heteroatoms. The Hall–Kier alpha value is -2.75. The first kappa shape index (κ1) is 26.8. The normalized spacial score (nSPS) is 19.5. The van der Waals surface area contributed by atoms with Gasteiger partial charge in [-0.05, 0) is 62.9 Å². The summed E-state index contributed by atoms with van der Waals surface area (Å²) in [7, 11) is 0. The Labute approximate surface area is 199 Å². The number of benzene rings is 2. The first-order chi connectivity index (χ1) is 16.1. The molecule has 4 nitrogen and oxygen atoms in total. The third-order valence-corrected chi connectivity index (χ3v) is 5.46. The Balaban J connectivity index is 1.90. The van der Waals surface area contributed by atoms with Crippen LogP contribution in [0.4, 0.5) is 31.1 Å². The number of hydrogen-bond acceptors (Lipinski definition) is 3. The largest absolute Gasteiger partial charge is 0.444 e. The van der Waals surface area contributed by atoms with Crippen LogP contribution in [-0.2, 0) is 28.4 Å². The highest BCUT2D eigenvalue weighted by Gasteiger charge is 2.39. The summed E-state index contributed by atoms with van der Waals surface area (Å²) in [5.74, 6) is 0. The number of ether oxygens (including phenoxy) is 2. The smallest absolute Gasteiger partial charge is 0.416 e. The van der Waals surface area contributed by atoms with Crippen LogP contribution < -0.4 is 0 Å². The van der Waals surface area contributed by atoms with Crippen molar-refractivity contribution in [3.63, 3.8) is 0 Å². The molecule has 192 valence electrons. The minimum absolute atomic E-state index is 0.0844. The molecule has 1 aliphatic rings. The number of alkyl halides is 6. The van der Waals surface area contributed by atoms with Crippen LogP contribution in [0, 0.1) is 0 Å². The predicted octanol–water partition coefficient (Wildman–Crippen LogP) is 7.38. The number of likely N-dealkylation sites (tertiary alicyclic amines) is 1. The van der Waals surface area contributed by atoms with E-state index in [0.29, 0.717) is 31.5 Å². The number of piperidine rings is 1. The van der Waals surface area contributed by atoms with Gasteiger partial charge in [-0.1, -0.05) is 30.3 Å². The predicted molar refractivity (Wildman–Crippen MR) is 116 cm³/mol. The van der Waals surface area contributed by atoms with Gasteiger partial charge in [-0.2, -0.15) is 26.3 Å². The van der Waals surface area contributed by atoms with Crippen LogP contribution in [0.2, 0.25) is 0 Å². The molecule has 2 unspecified atom stereocenters. The van der Waals surface area contributed by atoms with E-state index >= 15 is 0 Å². The number of amides is 1.